The highest BCUT2D eigenvalue weighted by atomic mass is 16.5. The number of benzene rings is 2. The summed E-state index contributed by atoms with van der Waals surface area (Å²) in [5, 5.41) is 0.473. The Kier molecular flexibility index (Phi) is 7.45. The number of fused-ring (bicyclic) bond motifs is 2. The van der Waals surface area contributed by atoms with Crippen LogP contribution in [0.15, 0.2) is 45.6 Å². The Morgan fingerprint density at radius 2 is 1.83 bits per heavy atom. The summed E-state index contributed by atoms with van der Waals surface area (Å²) in [6.45, 7) is 7.72. The molecule has 0 saturated carbocycles. The molecule has 0 saturated heterocycles. The quantitative estimate of drug-likeness (QED) is 0.376. The molecule has 1 aliphatic rings. The minimum atomic E-state index is -0.589. The molecule has 2 heterocycles. The van der Waals surface area contributed by atoms with Gasteiger partial charge in [-0.15, -0.1) is 0 Å². The van der Waals surface area contributed by atoms with E-state index < -0.39 is 6.04 Å². The van der Waals surface area contributed by atoms with Gasteiger partial charge in [-0.05, 0) is 55.5 Å². The lowest BCUT2D eigenvalue weighted by molar-refractivity contribution is 0.0707. The van der Waals surface area contributed by atoms with Crippen LogP contribution in [0.5, 0.6) is 11.5 Å². The number of hydrogen-bond donors (Lipinski definition) is 0. The van der Waals surface area contributed by atoms with Crippen LogP contribution >= 0.6 is 0 Å². The number of aryl methyl sites for hydroxylation is 1. The fourth-order valence-corrected chi connectivity index (χ4v) is 4.47. The summed E-state index contributed by atoms with van der Waals surface area (Å²) in [5.74, 6) is 1.53. The number of hydrogen-bond acceptors (Lipinski definition) is 6. The predicted octanol–water partition coefficient (Wildman–Crippen LogP) is 5.12. The van der Waals surface area contributed by atoms with Gasteiger partial charge in [-0.25, -0.2) is 0 Å². The summed E-state index contributed by atoms with van der Waals surface area (Å²) in [5.41, 5.74) is 2.31. The Bertz CT molecular complexity index is 1280. The second-order valence-corrected chi connectivity index (χ2v) is 9.36. The van der Waals surface area contributed by atoms with E-state index in [1.165, 1.54) is 0 Å². The largest absolute Gasteiger partial charge is 0.493 e. The van der Waals surface area contributed by atoms with E-state index in [1.54, 1.807) is 25.2 Å². The van der Waals surface area contributed by atoms with Crippen molar-refractivity contribution in [1.82, 2.24) is 4.90 Å². The van der Waals surface area contributed by atoms with Crippen LogP contribution < -0.4 is 14.9 Å². The minimum Gasteiger partial charge on any atom is -0.493 e. The summed E-state index contributed by atoms with van der Waals surface area (Å²) >= 11 is 0. The Balaban J connectivity index is 1.81. The fraction of sp³-hybridized carbons (Fsp3) is 0.429. The lowest BCUT2D eigenvalue weighted by atomic mass is 9.97. The van der Waals surface area contributed by atoms with Gasteiger partial charge >= 0.3 is 0 Å². The van der Waals surface area contributed by atoms with Crippen LogP contribution in [-0.4, -0.2) is 44.8 Å². The molecule has 0 N–H and O–H groups in total. The van der Waals surface area contributed by atoms with Crippen LogP contribution in [0.25, 0.3) is 11.0 Å². The third-order valence-electron chi connectivity index (χ3n) is 6.32. The molecule has 0 bridgehead atoms. The van der Waals surface area contributed by atoms with Crippen molar-refractivity contribution in [2.45, 2.75) is 39.7 Å². The molecule has 3 aromatic rings. The Hall–Kier alpha value is -3.32. The van der Waals surface area contributed by atoms with Crippen molar-refractivity contribution in [3.8, 4) is 11.5 Å². The second kappa shape index (κ2) is 10.5. The summed E-state index contributed by atoms with van der Waals surface area (Å²) in [6, 6.07) is 10.4. The highest BCUT2D eigenvalue weighted by Crippen LogP contribution is 2.41. The molecule has 1 aromatic heterocycles. The van der Waals surface area contributed by atoms with Crippen molar-refractivity contribution < 1.29 is 23.4 Å². The topological polar surface area (TPSA) is 78.2 Å². The van der Waals surface area contributed by atoms with Gasteiger partial charge in [0.15, 0.2) is 16.9 Å². The SMILES string of the molecule is COCCCN1C(=O)c2oc3ccc(C)cc3c(=O)c2C1c1ccc(OCCC(C)C)c(OC)c1. The monoisotopic (exact) mass is 479 g/mol. The van der Waals surface area contributed by atoms with Crippen LogP contribution in [-0.2, 0) is 4.74 Å². The van der Waals surface area contributed by atoms with E-state index in [0.717, 1.165) is 17.5 Å². The maximum atomic E-state index is 13.7. The molecule has 186 valence electrons. The van der Waals surface area contributed by atoms with Crippen molar-refractivity contribution in [3.63, 3.8) is 0 Å². The van der Waals surface area contributed by atoms with Gasteiger partial charge in [-0.3, -0.25) is 9.59 Å². The Morgan fingerprint density at radius 3 is 2.54 bits per heavy atom. The first-order valence-electron chi connectivity index (χ1n) is 12.0. The van der Waals surface area contributed by atoms with Crippen molar-refractivity contribution in [1.29, 1.82) is 0 Å². The standard InChI is InChI=1S/C28H33NO6/c1-17(2)11-14-34-22-10-8-19(16-23(22)33-5)25-24-26(30)20-15-18(3)7-9-21(20)35-27(24)28(31)29(25)12-6-13-32-4/h7-10,15-17,25H,6,11-14H2,1-5H3. The van der Waals surface area contributed by atoms with E-state index >= 15 is 0 Å². The molecule has 0 spiro atoms. The number of methoxy groups -OCH3 is 2. The number of nitrogens with zero attached hydrogens (tertiary/aromatic N) is 1. The molecule has 7 heteroatoms. The first-order chi connectivity index (χ1) is 16.8. The fourth-order valence-electron chi connectivity index (χ4n) is 4.47. The van der Waals surface area contributed by atoms with Crippen molar-refractivity contribution in [3.05, 3.63) is 69.1 Å². The summed E-state index contributed by atoms with van der Waals surface area (Å²) < 4.78 is 22.8. The third kappa shape index (κ3) is 4.91. The van der Waals surface area contributed by atoms with Crippen molar-refractivity contribution in [2.24, 2.45) is 5.92 Å². The molecular formula is C28H33NO6. The summed E-state index contributed by atoms with van der Waals surface area (Å²) in [6.07, 6.45) is 1.56. The van der Waals surface area contributed by atoms with Crippen LogP contribution in [0.3, 0.4) is 0 Å². The molecule has 2 aromatic carbocycles. The zero-order chi connectivity index (χ0) is 25.1. The van der Waals surface area contributed by atoms with E-state index in [-0.39, 0.29) is 17.1 Å². The van der Waals surface area contributed by atoms with Crippen LogP contribution in [0, 0.1) is 12.8 Å². The molecule has 1 atom stereocenters. The molecule has 35 heavy (non-hydrogen) atoms. The summed E-state index contributed by atoms with van der Waals surface area (Å²) in [4.78, 5) is 28.8. The van der Waals surface area contributed by atoms with Gasteiger partial charge in [0.2, 0.25) is 5.76 Å². The molecule has 1 aliphatic heterocycles. The normalized spacial score (nSPS) is 15.2. The number of rotatable bonds is 10. The maximum absolute atomic E-state index is 13.7. The molecule has 4 rings (SSSR count). The van der Waals surface area contributed by atoms with E-state index in [0.29, 0.717) is 60.1 Å². The number of carbonyl (C=O) groups is 1. The van der Waals surface area contributed by atoms with Crippen LogP contribution in [0.1, 0.15) is 60.0 Å². The van der Waals surface area contributed by atoms with E-state index in [9.17, 15) is 9.59 Å². The Labute approximate surface area is 205 Å². The molecule has 1 amide bonds. The van der Waals surface area contributed by atoms with Crippen molar-refractivity contribution >= 4 is 16.9 Å². The van der Waals surface area contributed by atoms with E-state index in [4.69, 9.17) is 18.6 Å². The van der Waals surface area contributed by atoms with E-state index in [2.05, 4.69) is 13.8 Å². The molecule has 7 nitrogen and oxygen atoms in total. The maximum Gasteiger partial charge on any atom is 0.290 e. The molecule has 0 radical (unpaired) electrons. The zero-order valence-electron chi connectivity index (χ0n) is 21.1. The van der Waals surface area contributed by atoms with Gasteiger partial charge in [0, 0.05) is 20.3 Å². The second-order valence-electron chi connectivity index (χ2n) is 9.36. The average molecular weight is 480 g/mol. The lowest BCUT2D eigenvalue weighted by Crippen LogP contribution is -2.31. The van der Waals surface area contributed by atoms with E-state index in [1.807, 2.05) is 37.3 Å². The first-order valence-corrected chi connectivity index (χ1v) is 12.0. The average Bonchev–Trinajstić information content (AvgIpc) is 3.11. The molecule has 0 aliphatic carbocycles. The van der Waals surface area contributed by atoms with Gasteiger partial charge in [-0.1, -0.05) is 31.5 Å². The van der Waals surface area contributed by atoms with Gasteiger partial charge in [0.1, 0.15) is 5.58 Å². The highest BCUT2D eigenvalue weighted by Gasteiger charge is 2.42. The van der Waals surface area contributed by atoms with Crippen LogP contribution in [0.4, 0.5) is 0 Å². The highest BCUT2D eigenvalue weighted by molar-refractivity contribution is 5.99. The predicted molar refractivity (Wildman–Crippen MR) is 135 cm³/mol. The number of amides is 1. The van der Waals surface area contributed by atoms with Gasteiger partial charge in [0.25, 0.3) is 5.91 Å². The first kappa shape index (κ1) is 24.8. The minimum absolute atomic E-state index is 0.102. The van der Waals surface area contributed by atoms with Gasteiger partial charge in [-0.2, -0.15) is 0 Å². The van der Waals surface area contributed by atoms with Crippen LogP contribution in [0.2, 0.25) is 0 Å². The van der Waals surface area contributed by atoms with Gasteiger partial charge in [0.05, 0.1) is 30.7 Å². The third-order valence-corrected chi connectivity index (χ3v) is 6.32. The molecule has 1 unspecified atom stereocenters. The molecular weight excluding hydrogens is 446 g/mol. The summed E-state index contributed by atoms with van der Waals surface area (Å²) in [7, 11) is 3.21. The Morgan fingerprint density at radius 1 is 1.03 bits per heavy atom. The smallest absolute Gasteiger partial charge is 0.290 e. The number of ether oxygens (including phenoxy) is 3. The number of carbonyl (C=O) groups excluding carboxylic acids is 1. The molecule has 0 fully saturated rings. The zero-order valence-corrected chi connectivity index (χ0v) is 21.1. The lowest BCUT2D eigenvalue weighted by Gasteiger charge is -2.25. The van der Waals surface area contributed by atoms with Crippen molar-refractivity contribution in [2.75, 3.05) is 34.0 Å². The van der Waals surface area contributed by atoms with Gasteiger partial charge < -0.3 is 23.5 Å².